The van der Waals surface area contributed by atoms with Crippen LogP contribution in [0.15, 0.2) is 17.1 Å². The van der Waals surface area contributed by atoms with Gasteiger partial charge in [0.25, 0.3) is 5.56 Å². The molecular weight excluding hydrogens is 260 g/mol. The van der Waals surface area contributed by atoms with Crippen molar-refractivity contribution < 1.29 is 0 Å². The minimum atomic E-state index is -0.125. The summed E-state index contributed by atoms with van der Waals surface area (Å²) in [4.78, 5) is 24.2. The Bertz CT molecular complexity index is 644. The van der Waals surface area contributed by atoms with E-state index in [-0.39, 0.29) is 11.6 Å². The normalized spacial score (nSPS) is 16.3. The molecule has 0 aliphatic heterocycles. The zero-order valence-corrected chi connectivity index (χ0v) is 11.8. The Labute approximate surface area is 115 Å². The van der Waals surface area contributed by atoms with Crippen LogP contribution in [0.1, 0.15) is 34.5 Å². The Kier molecular flexibility index (Phi) is 3.10. The number of rotatable bonds is 4. The highest BCUT2D eigenvalue weighted by molar-refractivity contribution is 7.11. The number of aryl methyl sites for hydroxylation is 2. The second kappa shape index (κ2) is 4.77. The second-order valence-corrected chi connectivity index (χ2v) is 6.27. The third-order valence-corrected chi connectivity index (χ3v) is 4.16. The topological polar surface area (TPSA) is 70.7 Å². The smallest absolute Gasteiger partial charge is 0.252 e. The number of anilines is 1. The summed E-state index contributed by atoms with van der Waals surface area (Å²) in [5, 5.41) is 4.41. The van der Waals surface area contributed by atoms with Gasteiger partial charge in [-0.2, -0.15) is 0 Å². The maximum absolute atomic E-state index is 11.5. The predicted octanol–water partition coefficient (Wildman–Crippen LogP) is 2.41. The zero-order valence-electron chi connectivity index (χ0n) is 10.9. The van der Waals surface area contributed by atoms with E-state index in [2.05, 4.69) is 27.2 Å². The number of nitrogens with zero attached hydrogens (tertiary/aromatic N) is 2. The van der Waals surface area contributed by atoms with Crippen molar-refractivity contribution in [2.45, 2.75) is 32.7 Å². The standard InChI is InChI=1S/C13H16N4OS/c1-7-5-10(18)16-13(15-7)17-11(9-3-4-9)12-14-6-8(2)19-12/h5-6,9,11H,3-4H2,1-2H3,(H2,15,16,17,18). The van der Waals surface area contributed by atoms with Crippen molar-refractivity contribution in [2.24, 2.45) is 5.92 Å². The van der Waals surface area contributed by atoms with Crippen molar-refractivity contribution in [1.82, 2.24) is 15.0 Å². The Morgan fingerprint density at radius 3 is 2.84 bits per heavy atom. The van der Waals surface area contributed by atoms with E-state index in [1.54, 1.807) is 11.3 Å². The van der Waals surface area contributed by atoms with Crippen molar-refractivity contribution in [1.29, 1.82) is 0 Å². The summed E-state index contributed by atoms with van der Waals surface area (Å²) in [6, 6.07) is 1.65. The number of thiazole rings is 1. The molecule has 6 heteroatoms. The van der Waals surface area contributed by atoms with Gasteiger partial charge < -0.3 is 5.32 Å². The summed E-state index contributed by atoms with van der Waals surface area (Å²) in [5.74, 6) is 1.13. The van der Waals surface area contributed by atoms with Crippen LogP contribution in [0.25, 0.3) is 0 Å². The van der Waals surface area contributed by atoms with Gasteiger partial charge in [0.2, 0.25) is 5.95 Å². The van der Waals surface area contributed by atoms with E-state index in [4.69, 9.17) is 0 Å². The van der Waals surface area contributed by atoms with Crippen LogP contribution in [0.3, 0.4) is 0 Å². The molecule has 0 spiro atoms. The number of hydrogen-bond acceptors (Lipinski definition) is 5. The molecular formula is C13H16N4OS. The minimum absolute atomic E-state index is 0.125. The van der Waals surface area contributed by atoms with Crippen molar-refractivity contribution in [2.75, 3.05) is 5.32 Å². The average molecular weight is 276 g/mol. The molecule has 0 saturated heterocycles. The molecule has 1 saturated carbocycles. The van der Waals surface area contributed by atoms with Crippen LogP contribution < -0.4 is 10.9 Å². The third kappa shape index (κ3) is 2.84. The van der Waals surface area contributed by atoms with Crippen molar-refractivity contribution in [3.63, 3.8) is 0 Å². The fraction of sp³-hybridized carbons (Fsp3) is 0.462. The second-order valence-electron chi connectivity index (χ2n) is 5.00. The molecule has 19 heavy (non-hydrogen) atoms. The average Bonchev–Trinajstić information content (AvgIpc) is 3.07. The van der Waals surface area contributed by atoms with Crippen LogP contribution in [-0.2, 0) is 0 Å². The van der Waals surface area contributed by atoms with E-state index in [1.807, 2.05) is 13.1 Å². The lowest BCUT2D eigenvalue weighted by Crippen LogP contribution is -2.18. The maximum Gasteiger partial charge on any atom is 0.252 e. The Morgan fingerprint density at radius 1 is 1.47 bits per heavy atom. The largest absolute Gasteiger partial charge is 0.346 e. The van der Waals surface area contributed by atoms with Gasteiger partial charge in [0, 0.05) is 22.8 Å². The van der Waals surface area contributed by atoms with E-state index < -0.39 is 0 Å². The molecule has 0 amide bonds. The molecule has 0 radical (unpaired) electrons. The van der Waals surface area contributed by atoms with Gasteiger partial charge >= 0.3 is 0 Å². The zero-order chi connectivity index (χ0) is 13.4. The maximum atomic E-state index is 11.5. The molecule has 2 heterocycles. The molecule has 0 aromatic carbocycles. The van der Waals surface area contributed by atoms with Gasteiger partial charge in [0.05, 0.1) is 6.04 Å². The highest BCUT2D eigenvalue weighted by atomic mass is 32.1. The van der Waals surface area contributed by atoms with Crippen molar-refractivity contribution in [3.8, 4) is 0 Å². The highest BCUT2D eigenvalue weighted by Gasteiger charge is 2.34. The first kappa shape index (κ1) is 12.3. The van der Waals surface area contributed by atoms with E-state index in [1.165, 1.54) is 23.8 Å². The summed E-state index contributed by atoms with van der Waals surface area (Å²) in [7, 11) is 0. The van der Waals surface area contributed by atoms with Crippen LogP contribution in [0, 0.1) is 19.8 Å². The number of aromatic nitrogens is 3. The lowest BCUT2D eigenvalue weighted by Gasteiger charge is -2.16. The SMILES string of the molecule is Cc1cc(=O)[nH]c(NC(c2ncc(C)s2)C2CC2)n1. The molecule has 0 bridgehead atoms. The molecule has 1 unspecified atom stereocenters. The summed E-state index contributed by atoms with van der Waals surface area (Å²) in [6.45, 7) is 3.87. The van der Waals surface area contributed by atoms with Gasteiger partial charge in [-0.1, -0.05) is 0 Å². The number of hydrogen-bond donors (Lipinski definition) is 2. The van der Waals surface area contributed by atoms with Crippen LogP contribution in [0.5, 0.6) is 0 Å². The molecule has 2 N–H and O–H groups in total. The molecule has 5 nitrogen and oxygen atoms in total. The molecule has 1 aliphatic carbocycles. The summed E-state index contributed by atoms with van der Waals surface area (Å²) >= 11 is 1.70. The van der Waals surface area contributed by atoms with E-state index in [0.717, 1.165) is 10.7 Å². The fourth-order valence-corrected chi connectivity index (χ4v) is 3.04. The fourth-order valence-electron chi connectivity index (χ4n) is 2.12. The first-order valence-corrected chi connectivity index (χ1v) is 7.20. The number of H-pyrrole nitrogens is 1. The molecule has 2 aromatic rings. The van der Waals surface area contributed by atoms with E-state index in [0.29, 0.717) is 11.9 Å². The molecule has 100 valence electrons. The minimum Gasteiger partial charge on any atom is -0.346 e. The van der Waals surface area contributed by atoms with Crippen LogP contribution in [-0.4, -0.2) is 15.0 Å². The highest BCUT2D eigenvalue weighted by Crippen LogP contribution is 2.43. The van der Waals surface area contributed by atoms with E-state index >= 15 is 0 Å². The molecule has 1 aliphatic rings. The Balaban J connectivity index is 1.87. The molecule has 3 rings (SSSR count). The first-order chi connectivity index (χ1) is 9.11. The van der Waals surface area contributed by atoms with Gasteiger partial charge in [0.15, 0.2) is 0 Å². The number of nitrogens with one attached hydrogen (secondary N) is 2. The molecule has 2 aromatic heterocycles. The Hall–Kier alpha value is -1.69. The van der Waals surface area contributed by atoms with E-state index in [9.17, 15) is 4.79 Å². The quantitative estimate of drug-likeness (QED) is 0.899. The third-order valence-electron chi connectivity index (χ3n) is 3.16. The van der Waals surface area contributed by atoms with Gasteiger partial charge in [0.1, 0.15) is 5.01 Å². The van der Waals surface area contributed by atoms with Crippen molar-refractivity contribution in [3.05, 3.63) is 38.2 Å². The first-order valence-electron chi connectivity index (χ1n) is 6.38. The summed E-state index contributed by atoms with van der Waals surface area (Å²) in [5.41, 5.74) is 0.594. The molecule has 1 fully saturated rings. The summed E-state index contributed by atoms with van der Waals surface area (Å²) in [6.07, 6.45) is 4.29. The van der Waals surface area contributed by atoms with Gasteiger partial charge in [-0.05, 0) is 32.6 Å². The van der Waals surface area contributed by atoms with Crippen LogP contribution >= 0.6 is 11.3 Å². The van der Waals surface area contributed by atoms with Crippen molar-refractivity contribution >= 4 is 17.3 Å². The predicted molar refractivity (Wildman–Crippen MR) is 75.5 cm³/mol. The van der Waals surface area contributed by atoms with Gasteiger partial charge in [-0.25, -0.2) is 9.97 Å². The van der Waals surface area contributed by atoms with Crippen LogP contribution in [0.2, 0.25) is 0 Å². The lowest BCUT2D eigenvalue weighted by atomic mass is 10.2. The van der Waals surface area contributed by atoms with Gasteiger partial charge in [-0.15, -0.1) is 11.3 Å². The van der Waals surface area contributed by atoms with Crippen LogP contribution in [0.4, 0.5) is 5.95 Å². The monoisotopic (exact) mass is 276 g/mol. The number of aromatic amines is 1. The summed E-state index contributed by atoms with van der Waals surface area (Å²) < 4.78 is 0. The molecule has 1 atom stereocenters. The lowest BCUT2D eigenvalue weighted by molar-refractivity contribution is 0.665. The van der Waals surface area contributed by atoms with Gasteiger partial charge in [-0.3, -0.25) is 9.78 Å². The Morgan fingerprint density at radius 2 is 2.26 bits per heavy atom.